The zero-order valence-corrected chi connectivity index (χ0v) is 7.60. The van der Waals surface area contributed by atoms with Crippen LogP contribution in [-0.2, 0) is 7.05 Å². The summed E-state index contributed by atoms with van der Waals surface area (Å²) >= 11 is 0. The molecule has 6 nitrogen and oxygen atoms in total. The van der Waals surface area contributed by atoms with E-state index in [1.165, 1.54) is 0 Å². The number of hydrogen-bond acceptors (Lipinski definition) is 3. The van der Waals surface area contributed by atoms with Crippen molar-refractivity contribution >= 4 is 11.7 Å². The van der Waals surface area contributed by atoms with Crippen LogP contribution in [0.3, 0.4) is 0 Å². The summed E-state index contributed by atoms with van der Waals surface area (Å²) in [5, 5.41) is 11.4. The van der Waals surface area contributed by atoms with Crippen molar-refractivity contribution < 1.29 is 0 Å². The Kier molecular flexibility index (Phi) is 2.63. The highest BCUT2D eigenvalue weighted by Gasteiger charge is 2.00. The van der Waals surface area contributed by atoms with Crippen LogP contribution in [0.1, 0.15) is 12.6 Å². The summed E-state index contributed by atoms with van der Waals surface area (Å²) in [6.45, 7) is 1.81. The Morgan fingerprint density at radius 3 is 2.62 bits per heavy atom. The van der Waals surface area contributed by atoms with E-state index in [4.69, 9.17) is 11.5 Å². The molecule has 0 aliphatic heterocycles. The maximum atomic E-state index is 5.13. The normalized spacial score (nSPS) is 11.4. The monoisotopic (exact) mass is 180 g/mol. The van der Waals surface area contributed by atoms with Crippen molar-refractivity contribution in [3.63, 3.8) is 0 Å². The molecule has 0 aliphatic carbocycles. The molecule has 0 aliphatic rings. The second kappa shape index (κ2) is 3.70. The molecule has 0 bridgehead atoms. The lowest BCUT2D eigenvalue weighted by atomic mass is 10.3. The molecule has 0 aromatic carbocycles. The standard InChI is InChI=1S/C7H12N6/c1-5(11-12-7(8)9)6-3-4-10-13(6)2/h3-4H,1-2H3,(H4,8,9,12). The van der Waals surface area contributed by atoms with Gasteiger partial charge in [-0.3, -0.25) is 4.68 Å². The van der Waals surface area contributed by atoms with Crippen molar-refractivity contribution in [1.29, 1.82) is 0 Å². The van der Waals surface area contributed by atoms with E-state index < -0.39 is 0 Å². The van der Waals surface area contributed by atoms with Gasteiger partial charge >= 0.3 is 0 Å². The molecule has 0 amide bonds. The Balaban J connectivity index is 2.91. The van der Waals surface area contributed by atoms with Gasteiger partial charge in [0.15, 0.2) is 0 Å². The molecule has 70 valence electrons. The van der Waals surface area contributed by atoms with Crippen molar-refractivity contribution in [2.24, 2.45) is 28.7 Å². The van der Waals surface area contributed by atoms with Gasteiger partial charge in [0.2, 0.25) is 5.96 Å². The molecule has 4 N–H and O–H groups in total. The van der Waals surface area contributed by atoms with Crippen molar-refractivity contribution in [1.82, 2.24) is 9.78 Å². The van der Waals surface area contributed by atoms with E-state index in [1.54, 1.807) is 10.9 Å². The van der Waals surface area contributed by atoms with Crippen LogP contribution in [0, 0.1) is 0 Å². The first kappa shape index (κ1) is 9.24. The molecule has 6 heteroatoms. The summed E-state index contributed by atoms with van der Waals surface area (Å²) in [5.74, 6) is -0.0541. The first-order chi connectivity index (χ1) is 6.11. The van der Waals surface area contributed by atoms with Gasteiger partial charge in [0.25, 0.3) is 0 Å². The Bertz CT molecular complexity index is 344. The minimum absolute atomic E-state index is 0.0541. The van der Waals surface area contributed by atoms with E-state index in [1.807, 2.05) is 20.0 Å². The lowest BCUT2D eigenvalue weighted by Gasteiger charge is -1.97. The van der Waals surface area contributed by atoms with Crippen LogP contribution in [-0.4, -0.2) is 21.5 Å². The van der Waals surface area contributed by atoms with Crippen molar-refractivity contribution in [3.05, 3.63) is 18.0 Å². The van der Waals surface area contributed by atoms with E-state index in [0.717, 1.165) is 5.69 Å². The molecule has 1 rings (SSSR count). The van der Waals surface area contributed by atoms with E-state index >= 15 is 0 Å². The summed E-state index contributed by atoms with van der Waals surface area (Å²) in [7, 11) is 1.82. The van der Waals surface area contributed by atoms with Gasteiger partial charge in [-0.2, -0.15) is 10.2 Å². The third kappa shape index (κ3) is 2.29. The Morgan fingerprint density at radius 2 is 2.15 bits per heavy atom. The fraction of sp³-hybridized carbons (Fsp3) is 0.286. The predicted octanol–water partition coefficient (Wildman–Crippen LogP) is -0.582. The highest BCUT2D eigenvalue weighted by molar-refractivity contribution is 5.97. The largest absolute Gasteiger partial charge is 0.369 e. The van der Waals surface area contributed by atoms with Crippen molar-refractivity contribution in [2.75, 3.05) is 0 Å². The summed E-state index contributed by atoms with van der Waals surface area (Å²) in [6.07, 6.45) is 1.68. The van der Waals surface area contributed by atoms with Gasteiger partial charge in [-0.1, -0.05) is 0 Å². The summed E-state index contributed by atoms with van der Waals surface area (Å²) in [4.78, 5) is 0. The number of nitrogens with two attached hydrogens (primary N) is 2. The SMILES string of the molecule is CC(=NN=C(N)N)c1ccnn1C. The highest BCUT2D eigenvalue weighted by Crippen LogP contribution is 1.98. The third-order valence-corrected chi connectivity index (χ3v) is 1.51. The highest BCUT2D eigenvalue weighted by atomic mass is 15.3. The smallest absolute Gasteiger partial charge is 0.211 e. The molecule has 13 heavy (non-hydrogen) atoms. The zero-order chi connectivity index (χ0) is 9.84. The van der Waals surface area contributed by atoms with Crippen LogP contribution >= 0.6 is 0 Å². The van der Waals surface area contributed by atoms with Gasteiger partial charge in [-0.05, 0) is 13.0 Å². The maximum Gasteiger partial charge on any atom is 0.211 e. The van der Waals surface area contributed by atoms with E-state index in [9.17, 15) is 0 Å². The zero-order valence-electron chi connectivity index (χ0n) is 7.60. The van der Waals surface area contributed by atoms with Crippen LogP contribution in [0.5, 0.6) is 0 Å². The molecule has 1 heterocycles. The van der Waals surface area contributed by atoms with E-state index in [2.05, 4.69) is 15.3 Å². The third-order valence-electron chi connectivity index (χ3n) is 1.51. The fourth-order valence-corrected chi connectivity index (χ4v) is 0.913. The summed E-state index contributed by atoms with van der Waals surface area (Å²) in [6, 6.07) is 1.83. The molecule has 0 spiro atoms. The maximum absolute atomic E-state index is 5.13. The number of aromatic nitrogens is 2. The lowest BCUT2D eigenvalue weighted by Crippen LogP contribution is -2.22. The lowest BCUT2D eigenvalue weighted by molar-refractivity contribution is 0.759. The molecule has 1 aromatic heterocycles. The first-order valence-electron chi connectivity index (χ1n) is 3.73. The fourth-order valence-electron chi connectivity index (χ4n) is 0.913. The molecule has 1 aromatic rings. The van der Waals surface area contributed by atoms with Gasteiger partial charge in [0, 0.05) is 13.2 Å². The number of hydrogen-bond donors (Lipinski definition) is 2. The molecule has 0 radical (unpaired) electrons. The van der Waals surface area contributed by atoms with Gasteiger partial charge in [-0.15, -0.1) is 5.10 Å². The summed E-state index contributed by atoms with van der Waals surface area (Å²) < 4.78 is 1.70. The Morgan fingerprint density at radius 1 is 1.46 bits per heavy atom. The van der Waals surface area contributed by atoms with E-state index in [-0.39, 0.29) is 5.96 Å². The van der Waals surface area contributed by atoms with Crippen molar-refractivity contribution in [3.8, 4) is 0 Å². The molecule has 0 unspecified atom stereocenters. The number of rotatable bonds is 2. The minimum Gasteiger partial charge on any atom is -0.369 e. The van der Waals surface area contributed by atoms with Crippen LogP contribution in [0.25, 0.3) is 0 Å². The number of aryl methyl sites for hydroxylation is 1. The number of guanidine groups is 1. The second-order valence-corrected chi connectivity index (χ2v) is 2.55. The first-order valence-corrected chi connectivity index (χ1v) is 3.73. The van der Waals surface area contributed by atoms with Crippen LogP contribution in [0.2, 0.25) is 0 Å². The molecule has 0 atom stereocenters. The molecule has 0 saturated carbocycles. The topological polar surface area (TPSA) is 94.6 Å². The molecule has 0 fully saturated rings. The molecular formula is C7H12N6. The number of nitrogens with zero attached hydrogens (tertiary/aromatic N) is 4. The quantitative estimate of drug-likeness (QED) is 0.362. The summed E-state index contributed by atoms with van der Waals surface area (Å²) in [5.41, 5.74) is 11.9. The molecule has 0 saturated heterocycles. The second-order valence-electron chi connectivity index (χ2n) is 2.55. The van der Waals surface area contributed by atoms with Gasteiger partial charge in [0.1, 0.15) is 0 Å². The Labute approximate surface area is 75.9 Å². The van der Waals surface area contributed by atoms with Crippen molar-refractivity contribution in [2.45, 2.75) is 6.92 Å². The average Bonchev–Trinajstić information content (AvgIpc) is 2.47. The van der Waals surface area contributed by atoms with Gasteiger partial charge in [-0.25, -0.2) is 0 Å². The minimum atomic E-state index is -0.0541. The average molecular weight is 180 g/mol. The van der Waals surface area contributed by atoms with Gasteiger partial charge < -0.3 is 11.5 Å². The van der Waals surface area contributed by atoms with Crippen LogP contribution in [0.4, 0.5) is 0 Å². The van der Waals surface area contributed by atoms with Gasteiger partial charge in [0.05, 0.1) is 11.4 Å². The van der Waals surface area contributed by atoms with E-state index in [0.29, 0.717) is 5.71 Å². The predicted molar refractivity (Wildman–Crippen MR) is 51.2 cm³/mol. The van der Waals surface area contributed by atoms with Crippen LogP contribution in [0.15, 0.2) is 22.5 Å². The van der Waals surface area contributed by atoms with Crippen LogP contribution < -0.4 is 11.5 Å². The molecular weight excluding hydrogens is 168 g/mol. The Hall–Kier alpha value is -1.85.